The highest BCUT2D eigenvalue weighted by Gasteiger charge is 2.20. The zero-order valence-corrected chi connectivity index (χ0v) is 9.11. The first-order valence-electron chi connectivity index (χ1n) is 4.54. The van der Waals surface area contributed by atoms with Gasteiger partial charge in [0.2, 0.25) is 0 Å². The van der Waals surface area contributed by atoms with E-state index in [1.54, 1.807) is 0 Å². The van der Waals surface area contributed by atoms with Gasteiger partial charge in [0.1, 0.15) is 6.04 Å². The van der Waals surface area contributed by atoms with Crippen molar-refractivity contribution < 1.29 is 35.1 Å². The van der Waals surface area contributed by atoms with E-state index in [4.69, 9.17) is 37.0 Å². The van der Waals surface area contributed by atoms with Gasteiger partial charge in [-0.2, -0.15) is 0 Å². The van der Waals surface area contributed by atoms with Gasteiger partial charge in [-0.1, -0.05) is 0 Å². The van der Waals surface area contributed by atoms with Crippen LogP contribution in [0.15, 0.2) is 0 Å². The Kier molecular flexibility index (Phi) is 9.42. The number of carbonyl (C=O) groups is 2. The zero-order valence-electron chi connectivity index (χ0n) is 9.11. The summed E-state index contributed by atoms with van der Waals surface area (Å²) in [5, 5.41) is 41.1. The monoisotopic (exact) mass is 254 g/mol. The quantitative estimate of drug-likeness (QED) is 0.252. The number of nitrogens with two attached hydrogens (primary N) is 2. The Morgan fingerprint density at radius 1 is 1.06 bits per heavy atom. The van der Waals surface area contributed by atoms with Gasteiger partial charge in [0.25, 0.3) is 0 Å². The summed E-state index contributed by atoms with van der Waals surface area (Å²) in [5.41, 5.74) is 8.77. The Labute approximate surface area is 97.3 Å². The third kappa shape index (κ3) is 9.66. The van der Waals surface area contributed by atoms with Crippen LogP contribution in [0.4, 0.5) is 0 Å². The van der Waals surface area contributed by atoms with Gasteiger partial charge in [-0.25, -0.2) is 0 Å². The molecular weight excluding hydrogens is 236 g/mol. The number of rotatable bonds is 6. The average molecular weight is 254 g/mol. The maximum Gasteiger partial charge on any atom is 0.321 e. The summed E-state index contributed by atoms with van der Waals surface area (Å²) in [4.78, 5) is 19.6. The molecule has 0 radical (unpaired) electrons. The van der Waals surface area contributed by atoms with E-state index in [1.165, 1.54) is 0 Å². The summed E-state index contributed by atoms with van der Waals surface area (Å²) in [6.07, 6.45) is -0.532. The molecular formula is C8H18N2O7. The fourth-order valence-corrected chi connectivity index (χ4v) is 0.425. The van der Waals surface area contributed by atoms with Crippen molar-refractivity contribution in [3.05, 3.63) is 0 Å². The molecule has 1 atom stereocenters. The second kappa shape index (κ2) is 8.84. The van der Waals surface area contributed by atoms with Crippen molar-refractivity contribution in [2.45, 2.75) is 18.0 Å². The number of aliphatic hydroxyl groups excluding tert-OH is 3. The molecule has 0 aromatic heterocycles. The van der Waals surface area contributed by atoms with Crippen LogP contribution in [-0.2, 0) is 9.59 Å². The van der Waals surface area contributed by atoms with Crippen molar-refractivity contribution in [2.75, 3.05) is 19.8 Å². The average Bonchev–Trinajstić information content (AvgIpc) is 2.28. The SMILES string of the molecule is NC(CO)(CO)CO.N[C@@H](CC(=O)O)C(=O)O. The van der Waals surface area contributed by atoms with E-state index in [0.29, 0.717) is 0 Å². The first-order valence-corrected chi connectivity index (χ1v) is 4.54. The third-order valence-electron chi connectivity index (χ3n) is 1.66. The van der Waals surface area contributed by atoms with Gasteiger partial charge < -0.3 is 37.0 Å². The van der Waals surface area contributed by atoms with Crippen molar-refractivity contribution in [1.82, 2.24) is 0 Å². The van der Waals surface area contributed by atoms with Crippen LogP contribution in [0.25, 0.3) is 0 Å². The lowest BCUT2D eigenvalue weighted by molar-refractivity contribution is -0.144. The van der Waals surface area contributed by atoms with Crippen LogP contribution in [0.3, 0.4) is 0 Å². The van der Waals surface area contributed by atoms with Crippen LogP contribution in [0.2, 0.25) is 0 Å². The summed E-state index contributed by atoms with van der Waals surface area (Å²) >= 11 is 0. The molecule has 0 bridgehead atoms. The summed E-state index contributed by atoms with van der Waals surface area (Å²) in [6, 6.07) is -1.29. The molecule has 0 aromatic carbocycles. The minimum Gasteiger partial charge on any atom is -0.481 e. The molecule has 0 aliphatic rings. The van der Waals surface area contributed by atoms with Gasteiger partial charge >= 0.3 is 11.9 Å². The predicted molar refractivity (Wildman–Crippen MR) is 56.0 cm³/mol. The molecule has 0 aromatic rings. The third-order valence-corrected chi connectivity index (χ3v) is 1.66. The van der Waals surface area contributed by atoms with Crippen molar-refractivity contribution >= 4 is 11.9 Å². The highest BCUT2D eigenvalue weighted by atomic mass is 16.4. The van der Waals surface area contributed by atoms with Crippen molar-refractivity contribution in [2.24, 2.45) is 11.5 Å². The lowest BCUT2D eigenvalue weighted by atomic mass is 10.1. The molecule has 0 heterocycles. The second-order valence-corrected chi connectivity index (χ2v) is 3.38. The number of carboxylic acid groups (broad SMARTS) is 2. The van der Waals surface area contributed by atoms with E-state index in [2.05, 4.69) is 0 Å². The lowest BCUT2D eigenvalue weighted by Gasteiger charge is -2.20. The van der Waals surface area contributed by atoms with Crippen LogP contribution >= 0.6 is 0 Å². The number of aliphatic hydroxyl groups is 3. The van der Waals surface area contributed by atoms with Gasteiger partial charge in [-0.05, 0) is 0 Å². The Morgan fingerprint density at radius 3 is 1.47 bits per heavy atom. The molecule has 102 valence electrons. The van der Waals surface area contributed by atoms with Gasteiger partial charge in [0.05, 0.1) is 31.8 Å². The molecule has 9 nitrogen and oxygen atoms in total. The Balaban J connectivity index is 0. The molecule has 0 saturated heterocycles. The summed E-state index contributed by atoms with van der Waals surface area (Å²) in [7, 11) is 0. The molecule has 9 heteroatoms. The van der Waals surface area contributed by atoms with E-state index < -0.39 is 49.8 Å². The molecule has 0 amide bonds. The number of hydrogen-bond donors (Lipinski definition) is 7. The molecule has 0 fully saturated rings. The smallest absolute Gasteiger partial charge is 0.321 e. The molecule has 0 unspecified atom stereocenters. The molecule has 0 aliphatic heterocycles. The van der Waals surface area contributed by atoms with Crippen molar-refractivity contribution in [1.29, 1.82) is 0 Å². The van der Waals surface area contributed by atoms with E-state index in [1.807, 2.05) is 0 Å². The normalized spacial score (nSPS) is 12.3. The highest BCUT2D eigenvalue weighted by molar-refractivity contribution is 5.80. The minimum atomic E-state index is -1.29. The van der Waals surface area contributed by atoms with Crippen LogP contribution in [0, 0.1) is 0 Å². The largest absolute Gasteiger partial charge is 0.481 e. The predicted octanol–water partition coefficient (Wildman–Crippen LogP) is -3.47. The Hall–Kier alpha value is -1.26. The topological polar surface area (TPSA) is 187 Å². The minimum absolute atomic E-state index is 0.403. The van der Waals surface area contributed by atoms with Crippen LogP contribution < -0.4 is 11.5 Å². The maximum absolute atomic E-state index is 9.85. The first kappa shape index (κ1) is 18.1. The van der Waals surface area contributed by atoms with E-state index in [0.717, 1.165) is 0 Å². The molecule has 0 aliphatic carbocycles. The molecule has 0 spiro atoms. The van der Waals surface area contributed by atoms with E-state index in [9.17, 15) is 9.59 Å². The van der Waals surface area contributed by atoms with Crippen LogP contribution in [0.1, 0.15) is 6.42 Å². The fourth-order valence-electron chi connectivity index (χ4n) is 0.425. The molecule has 17 heavy (non-hydrogen) atoms. The second-order valence-electron chi connectivity index (χ2n) is 3.38. The molecule has 0 saturated carbocycles. The maximum atomic E-state index is 9.85. The molecule has 9 N–H and O–H groups in total. The van der Waals surface area contributed by atoms with Crippen LogP contribution in [-0.4, -0.2) is 68.9 Å². The van der Waals surface area contributed by atoms with Gasteiger partial charge in [-0.3, -0.25) is 9.59 Å². The first-order chi connectivity index (χ1) is 7.72. The van der Waals surface area contributed by atoms with Crippen LogP contribution in [0.5, 0.6) is 0 Å². The Bertz CT molecular complexity index is 234. The number of aliphatic carboxylic acids is 2. The van der Waals surface area contributed by atoms with Gasteiger partial charge in [0.15, 0.2) is 0 Å². The highest BCUT2D eigenvalue weighted by Crippen LogP contribution is 1.93. The zero-order chi connectivity index (χ0) is 14.1. The summed E-state index contributed by atoms with van der Waals surface area (Å²) in [6.45, 7) is -1.21. The number of hydrogen-bond acceptors (Lipinski definition) is 7. The standard InChI is InChI=1S/C4H7NO4.C4H11NO3/c5-2(4(8)9)1-3(6)7;5-4(1-6,2-7)3-8/h2H,1,5H2,(H,6,7)(H,8,9);6-8H,1-3,5H2/t2-;/m0./s1. The van der Waals surface area contributed by atoms with Gasteiger partial charge in [0, 0.05) is 0 Å². The lowest BCUT2D eigenvalue weighted by Crippen LogP contribution is -2.50. The number of carboxylic acids is 2. The Morgan fingerprint density at radius 2 is 1.41 bits per heavy atom. The van der Waals surface area contributed by atoms with E-state index in [-0.39, 0.29) is 0 Å². The summed E-state index contributed by atoms with van der Waals surface area (Å²) < 4.78 is 0. The van der Waals surface area contributed by atoms with Crippen molar-refractivity contribution in [3.8, 4) is 0 Å². The fraction of sp³-hybridized carbons (Fsp3) is 0.750. The van der Waals surface area contributed by atoms with Gasteiger partial charge in [-0.15, -0.1) is 0 Å². The molecule has 0 rings (SSSR count). The summed E-state index contributed by atoms with van der Waals surface area (Å²) in [5.74, 6) is -2.50. The van der Waals surface area contributed by atoms with Crippen molar-refractivity contribution in [3.63, 3.8) is 0 Å². The van der Waals surface area contributed by atoms with E-state index >= 15 is 0 Å².